The number of rotatable bonds is 7. The molecule has 0 aliphatic carbocycles. The summed E-state index contributed by atoms with van der Waals surface area (Å²) < 4.78 is 29.6. The molecule has 36 heavy (non-hydrogen) atoms. The maximum atomic E-state index is 12.2. The molecule has 0 fully saturated rings. The van der Waals surface area contributed by atoms with Crippen LogP contribution in [0.3, 0.4) is 0 Å². The van der Waals surface area contributed by atoms with Crippen LogP contribution in [0.1, 0.15) is 69.4 Å². The second-order valence-electron chi connectivity index (χ2n) is 11.1. The highest BCUT2D eigenvalue weighted by atomic mass is 32.2. The molecule has 0 aliphatic rings. The molecular weight excluding hydrogens is 468 g/mol. The molecule has 1 N–H and O–H groups in total. The van der Waals surface area contributed by atoms with Gasteiger partial charge in [0.15, 0.2) is 0 Å². The van der Waals surface area contributed by atoms with Gasteiger partial charge in [-0.3, -0.25) is 4.18 Å². The molecule has 0 aliphatic heterocycles. The van der Waals surface area contributed by atoms with Crippen LogP contribution in [0.15, 0.2) is 77.7 Å². The molecule has 0 saturated heterocycles. The van der Waals surface area contributed by atoms with Gasteiger partial charge in [0, 0.05) is 6.61 Å². The average Bonchev–Trinajstić information content (AvgIpc) is 2.79. The number of benzene rings is 3. The SMILES string of the molecule is CC(C)(C)c1ccccc1CCO.Cc1ccc(S(=O)(=O)OCCc2ccccc2C(C)(C)C)cc1. The predicted octanol–water partition coefficient (Wildman–Crippen LogP) is 6.76. The lowest BCUT2D eigenvalue weighted by Crippen LogP contribution is -2.16. The molecule has 0 radical (unpaired) electrons. The van der Waals surface area contributed by atoms with Gasteiger partial charge < -0.3 is 5.11 Å². The Kier molecular flexibility index (Phi) is 10.5. The van der Waals surface area contributed by atoms with Gasteiger partial charge in [-0.15, -0.1) is 0 Å². The summed E-state index contributed by atoms with van der Waals surface area (Å²) in [5.41, 5.74) is 6.15. The molecule has 0 saturated carbocycles. The van der Waals surface area contributed by atoms with E-state index < -0.39 is 10.1 Å². The van der Waals surface area contributed by atoms with Crippen molar-refractivity contribution in [1.29, 1.82) is 0 Å². The fourth-order valence-corrected chi connectivity index (χ4v) is 5.00. The second kappa shape index (κ2) is 12.7. The van der Waals surface area contributed by atoms with E-state index in [1.54, 1.807) is 24.3 Å². The molecule has 0 atom stereocenters. The van der Waals surface area contributed by atoms with Crippen molar-refractivity contribution in [2.24, 2.45) is 0 Å². The summed E-state index contributed by atoms with van der Waals surface area (Å²) in [6.07, 6.45) is 1.33. The van der Waals surface area contributed by atoms with E-state index in [0.29, 0.717) is 6.42 Å². The third-order valence-electron chi connectivity index (χ3n) is 5.95. The number of aliphatic hydroxyl groups is 1. The van der Waals surface area contributed by atoms with Gasteiger partial charge in [-0.05, 0) is 65.0 Å². The molecule has 5 heteroatoms. The number of hydrogen-bond donors (Lipinski definition) is 1. The van der Waals surface area contributed by atoms with Gasteiger partial charge >= 0.3 is 0 Å². The van der Waals surface area contributed by atoms with Crippen LogP contribution in [0.25, 0.3) is 0 Å². The molecule has 3 aromatic carbocycles. The number of aliphatic hydroxyl groups excluding tert-OH is 1. The first kappa shape index (κ1) is 29.8. The molecule has 0 spiro atoms. The lowest BCUT2D eigenvalue weighted by Gasteiger charge is -2.22. The monoisotopic (exact) mass is 510 g/mol. The summed E-state index contributed by atoms with van der Waals surface area (Å²) >= 11 is 0. The molecule has 4 nitrogen and oxygen atoms in total. The van der Waals surface area contributed by atoms with Crippen LogP contribution in [0, 0.1) is 6.92 Å². The molecular formula is C31H42O4S. The van der Waals surface area contributed by atoms with Crippen LogP contribution in [0.5, 0.6) is 0 Å². The van der Waals surface area contributed by atoms with Crippen molar-refractivity contribution >= 4 is 10.1 Å². The first-order chi connectivity index (χ1) is 16.8. The van der Waals surface area contributed by atoms with Crippen molar-refractivity contribution < 1.29 is 17.7 Å². The minimum absolute atomic E-state index is 0.0203. The van der Waals surface area contributed by atoms with Crippen molar-refractivity contribution in [2.45, 2.75) is 77.0 Å². The Morgan fingerprint density at radius 1 is 0.694 bits per heavy atom. The van der Waals surface area contributed by atoms with E-state index in [4.69, 9.17) is 9.29 Å². The fraction of sp³-hybridized carbons (Fsp3) is 0.419. The molecule has 0 unspecified atom stereocenters. The topological polar surface area (TPSA) is 63.6 Å². The Bertz CT molecular complexity index is 1200. The zero-order valence-corrected chi connectivity index (χ0v) is 23.7. The van der Waals surface area contributed by atoms with Crippen molar-refractivity contribution in [2.75, 3.05) is 13.2 Å². The van der Waals surface area contributed by atoms with Crippen molar-refractivity contribution in [3.63, 3.8) is 0 Å². The van der Waals surface area contributed by atoms with Crippen LogP contribution in [-0.2, 0) is 38.0 Å². The predicted molar refractivity (Wildman–Crippen MR) is 149 cm³/mol. The van der Waals surface area contributed by atoms with Gasteiger partial charge in [-0.2, -0.15) is 8.42 Å². The van der Waals surface area contributed by atoms with Gasteiger partial charge in [0.25, 0.3) is 10.1 Å². The van der Waals surface area contributed by atoms with Crippen molar-refractivity contribution in [3.05, 3.63) is 101 Å². The van der Waals surface area contributed by atoms with Crippen LogP contribution in [0.4, 0.5) is 0 Å². The summed E-state index contributed by atoms with van der Waals surface area (Å²) in [7, 11) is -3.70. The third-order valence-corrected chi connectivity index (χ3v) is 7.28. The molecule has 0 heterocycles. The highest BCUT2D eigenvalue weighted by Gasteiger charge is 2.19. The summed E-state index contributed by atoms with van der Waals surface area (Å²) in [4.78, 5) is 0.201. The zero-order chi connectivity index (χ0) is 27.0. The Balaban J connectivity index is 0.000000297. The summed E-state index contributed by atoms with van der Waals surface area (Å²) in [5, 5.41) is 8.91. The Hall–Kier alpha value is -2.47. The normalized spacial score (nSPS) is 12.1. The Morgan fingerprint density at radius 3 is 1.58 bits per heavy atom. The molecule has 3 aromatic rings. The summed E-state index contributed by atoms with van der Waals surface area (Å²) in [5.74, 6) is 0. The fourth-order valence-electron chi connectivity index (χ4n) is 4.09. The third kappa shape index (κ3) is 8.88. The lowest BCUT2D eigenvalue weighted by molar-refractivity contribution is 0.298. The van der Waals surface area contributed by atoms with Crippen molar-refractivity contribution in [3.8, 4) is 0 Å². The number of aryl methyl sites for hydroxylation is 1. The molecule has 0 bridgehead atoms. The maximum Gasteiger partial charge on any atom is 0.296 e. The van der Waals surface area contributed by atoms with E-state index in [1.807, 2.05) is 31.2 Å². The minimum atomic E-state index is -3.70. The average molecular weight is 511 g/mol. The minimum Gasteiger partial charge on any atom is -0.396 e. The van der Waals surface area contributed by atoms with Gasteiger partial charge in [-0.1, -0.05) is 108 Å². The lowest BCUT2D eigenvalue weighted by atomic mass is 9.83. The van der Waals surface area contributed by atoms with E-state index in [1.165, 1.54) is 16.7 Å². The Labute approximate surface area is 218 Å². The quantitative estimate of drug-likeness (QED) is 0.357. The van der Waals surface area contributed by atoms with Gasteiger partial charge in [0.05, 0.1) is 11.5 Å². The maximum absolute atomic E-state index is 12.2. The van der Waals surface area contributed by atoms with Crippen LogP contribution in [0.2, 0.25) is 0 Å². The van der Waals surface area contributed by atoms with Gasteiger partial charge in [0.1, 0.15) is 0 Å². The smallest absolute Gasteiger partial charge is 0.296 e. The van der Waals surface area contributed by atoms with Crippen LogP contribution in [-0.4, -0.2) is 26.7 Å². The highest BCUT2D eigenvalue weighted by molar-refractivity contribution is 7.86. The van der Waals surface area contributed by atoms with E-state index in [9.17, 15) is 8.42 Å². The van der Waals surface area contributed by atoms with Crippen LogP contribution >= 0.6 is 0 Å². The molecule has 3 rings (SSSR count). The standard InChI is InChI=1S/C19H24O3S.C12H18O/c1-15-9-11-17(12-10-15)23(20,21)22-14-13-16-7-5-6-8-18(16)19(2,3)4;1-12(2,3)11-7-5-4-6-10(11)8-9-13/h5-12H,13-14H2,1-4H3;4-7,13H,8-9H2,1-3H3. The molecule has 0 aromatic heterocycles. The molecule has 196 valence electrons. The summed E-state index contributed by atoms with van der Waals surface area (Å²) in [6, 6.07) is 23.1. The Morgan fingerprint density at radius 2 is 1.14 bits per heavy atom. The molecule has 0 amide bonds. The number of hydrogen-bond acceptors (Lipinski definition) is 4. The van der Waals surface area contributed by atoms with E-state index in [2.05, 4.69) is 65.8 Å². The zero-order valence-electron chi connectivity index (χ0n) is 22.8. The van der Waals surface area contributed by atoms with Crippen molar-refractivity contribution in [1.82, 2.24) is 0 Å². The van der Waals surface area contributed by atoms with Gasteiger partial charge in [-0.25, -0.2) is 0 Å². The van der Waals surface area contributed by atoms with E-state index in [-0.39, 0.29) is 28.9 Å². The highest BCUT2D eigenvalue weighted by Crippen LogP contribution is 2.27. The largest absolute Gasteiger partial charge is 0.396 e. The second-order valence-corrected chi connectivity index (χ2v) is 12.7. The van der Waals surface area contributed by atoms with Gasteiger partial charge in [0.2, 0.25) is 0 Å². The first-order valence-electron chi connectivity index (χ1n) is 12.5. The van der Waals surface area contributed by atoms with E-state index >= 15 is 0 Å². The first-order valence-corrected chi connectivity index (χ1v) is 13.9. The summed E-state index contributed by atoms with van der Waals surface area (Å²) in [6.45, 7) is 15.3. The van der Waals surface area contributed by atoms with E-state index in [0.717, 1.165) is 17.5 Å². The van der Waals surface area contributed by atoms with Crippen LogP contribution < -0.4 is 0 Å².